The summed E-state index contributed by atoms with van der Waals surface area (Å²) in [7, 11) is 1.86. The number of aryl methyl sites for hydroxylation is 2. The Balaban J connectivity index is 1.88. The molecular weight excluding hydrogens is 384 g/mol. The molecule has 0 fully saturated rings. The van der Waals surface area contributed by atoms with Crippen LogP contribution in [0.15, 0.2) is 29.1 Å². The average molecular weight is 413 g/mol. The molecule has 2 aromatic heterocycles. The average Bonchev–Trinajstić information content (AvgIpc) is 2.99. The molecule has 3 aromatic rings. The van der Waals surface area contributed by atoms with Gasteiger partial charge in [-0.1, -0.05) is 29.8 Å². The Kier molecular flexibility index (Phi) is 6.49. The van der Waals surface area contributed by atoms with Crippen molar-refractivity contribution < 1.29 is 4.79 Å². The molecule has 0 unspecified atom stereocenters. The van der Waals surface area contributed by atoms with Crippen LogP contribution in [0.1, 0.15) is 30.1 Å². The molecule has 3 rings (SSSR count). The lowest BCUT2D eigenvalue weighted by molar-refractivity contribution is -0.131. The number of carbonyl (C=O) groups excluding carboxylic acids is 1. The zero-order valence-corrected chi connectivity index (χ0v) is 18.5. The maximum Gasteiger partial charge on any atom is 0.260 e. The summed E-state index contributed by atoms with van der Waals surface area (Å²) in [5.41, 5.74) is 3.03. The number of hydrogen-bond donors (Lipinski definition) is 1. The van der Waals surface area contributed by atoms with Crippen molar-refractivity contribution in [2.45, 2.75) is 34.2 Å². The van der Waals surface area contributed by atoms with E-state index in [1.807, 2.05) is 51.8 Å². The number of carbonyl (C=O) groups is 1. The van der Waals surface area contributed by atoms with Crippen LogP contribution in [0.2, 0.25) is 0 Å². The fourth-order valence-electron chi connectivity index (χ4n) is 3.52. The highest BCUT2D eigenvalue weighted by Crippen LogP contribution is 2.35. The minimum absolute atomic E-state index is 0.0783. The number of benzene rings is 1. The number of aromatic nitrogens is 2. The van der Waals surface area contributed by atoms with Gasteiger partial charge in [-0.25, -0.2) is 4.98 Å². The van der Waals surface area contributed by atoms with Crippen LogP contribution in [-0.4, -0.2) is 52.4 Å². The second-order valence-electron chi connectivity index (χ2n) is 7.33. The van der Waals surface area contributed by atoms with E-state index in [1.54, 1.807) is 4.90 Å². The fraction of sp³-hybridized carbons (Fsp3) is 0.409. The minimum atomic E-state index is -0.131. The largest absolute Gasteiger partial charge is 0.342 e. The van der Waals surface area contributed by atoms with Gasteiger partial charge < -0.3 is 9.88 Å². The number of thiophene rings is 1. The van der Waals surface area contributed by atoms with Crippen molar-refractivity contribution in [2.75, 3.05) is 26.7 Å². The number of likely N-dealkylation sites (N-methyl/N-ethyl adjacent to an activating group) is 2. The molecule has 0 radical (unpaired) electrons. The summed E-state index contributed by atoms with van der Waals surface area (Å²) in [5, 5.41) is 0.641. The van der Waals surface area contributed by atoms with Gasteiger partial charge in [0.15, 0.2) is 0 Å². The smallest absolute Gasteiger partial charge is 0.260 e. The fourth-order valence-corrected chi connectivity index (χ4v) is 4.59. The van der Waals surface area contributed by atoms with Gasteiger partial charge in [-0.2, -0.15) is 0 Å². The third-order valence-corrected chi connectivity index (χ3v) is 6.07. The molecule has 0 aliphatic rings. The zero-order chi connectivity index (χ0) is 21.1. The molecule has 0 saturated carbocycles. The lowest BCUT2D eigenvalue weighted by atomic mass is 10.0. The van der Waals surface area contributed by atoms with Crippen molar-refractivity contribution in [1.29, 1.82) is 0 Å². The van der Waals surface area contributed by atoms with Crippen LogP contribution in [0.5, 0.6) is 0 Å². The van der Waals surface area contributed by atoms with Gasteiger partial charge in [0.2, 0.25) is 5.91 Å². The number of hydrogen-bond acceptors (Lipinski definition) is 5. The SMILES string of the molecule is CCN(CC)C(=O)CN(C)Cc1nc2sc(C)c(-c3ccc(C)cc3)c2c(=O)[nH]1. The zero-order valence-electron chi connectivity index (χ0n) is 17.7. The first-order valence-corrected chi connectivity index (χ1v) is 10.7. The Morgan fingerprint density at radius 3 is 2.41 bits per heavy atom. The normalized spacial score (nSPS) is 11.4. The summed E-state index contributed by atoms with van der Waals surface area (Å²) >= 11 is 1.53. The molecular formula is C22H28N4O2S. The molecule has 7 heteroatoms. The Bertz CT molecular complexity index is 1060. The number of H-pyrrole nitrogens is 1. The number of aromatic amines is 1. The minimum Gasteiger partial charge on any atom is -0.342 e. The molecule has 0 aliphatic carbocycles. The summed E-state index contributed by atoms with van der Waals surface area (Å²) in [4.78, 5) is 38.3. The van der Waals surface area contributed by atoms with Crippen LogP contribution in [-0.2, 0) is 11.3 Å². The van der Waals surface area contributed by atoms with Gasteiger partial charge >= 0.3 is 0 Å². The summed E-state index contributed by atoms with van der Waals surface area (Å²) in [5.74, 6) is 0.656. The van der Waals surface area contributed by atoms with Crippen LogP contribution in [0.25, 0.3) is 21.3 Å². The second-order valence-corrected chi connectivity index (χ2v) is 8.53. The Hall–Kier alpha value is -2.51. The highest BCUT2D eigenvalue weighted by atomic mass is 32.1. The van der Waals surface area contributed by atoms with Crippen LogP contribution >= 0.6 is 11.3 Å². The molecule has 1 aromatic carbocycles. The molecule has 0 bridgehead atoms. The molecule has 0 atom stereocenters. The summed E-state index contributed by atoms with van der Waals surface area (Å²) in [6.45, 7) is 10.1. The highest BCUT2D eigenvalue weighted by Gasteiger charge is 2.18. The lowest BCUT2D eigenvalue weighted by Gasteiger charge is -2.22. The number of fused-ring (bicyclic) bond motifs is 1. The van der Waals surface area contributed by atoms with E-state index >= 15 is 0 Å². The maximum atomic E-state index is 12.9. The van der Waals surface area contributed by atoms with Gasteiger partial charge in [0.25, 0.3) is 5.56 Å². The first-order valence-electron chi connectivity index (χ1n) is 9.89. The first kappa shape index (κ1) is 21.2. The van der Waals surface area contributed by atoms with Gasteiger partial charge in [-0.3, -0.25) is 14.5 Å². The van der Waals surface area contributed by atoms with Crippen LogP contribution in [0.4, 0.5) is 0 Å². The monoisotopic (exact) mass is 412 g/mol. The molecule has 6 nitrogen and oxygen atoms in total. The highest BCUT2D eigenvalue weighted by molar-refractivity contribution is 7.19. The lowest BCUT2D eigenvalue weighted by Crippen LogP contribution is -2.38. The summed E-state index contributed by atoms with van der Waals surface area (Å²) in [6, 6.07) is 8.19. The third-order valence-electron chi connectivity index (χ3n) is 5.07. The summed E-state index contributed by atoms with van der Waals surface area (Å²) in [6.07, 6.45) is 0. The van der Waals surface area contributed by atoms with Gasteiger partial charge in [0.05, 0.1) is 18.5 Å². The van der Waals surface area contributed by atoms with Crippen molar-refractivity contribution in [3.05, 3.63) is 50.9 Å². The molecule has 0 saturated heterocycles. The van der Waals surface area contributed by atoms with Crippen LogP contribution in [0.3, 0.4) is 0 Å². The van der Waals surface area contributed by atoms with Gasteiger partial charge in [-0.15, -0.1) is 11.3 Å². The Morgan fingerprint density at radius 2 is 1.79 bits per heavy atom. The van der Waals surface area contributed by atoms with E-state index < -0.39 is 0 Å². The van der Waals surface area contributed by atoms with E-state index in [9.17, 15) is 9.59 Å². The van der Waals surface area contributed by atoms with E-state index in [-0.39, 0.29) is 11.5 Å². The number of rotatable bonds is 7. The maximum absolute atomic E-state index is 12.9. The van der Waals surface area contributed by atoms with Gasteiger partial charge in [0.1, 0.15) is 10.7 Å². The summed E-state index contributed by atoms with van der Waals surface area (Å²) < 4.78 is 0. The molecule has 154 valence electrons. The van der Waals surface area contributed by atoms with Gasteiger partial charge in [-0.05, 0) is 40.3 Å². The van der Waals surface area contributed by atoms with E-state index in [0.29, 0.717) is 37.4 Å². The van der Waals surface area contributed by atoms with Crippen molar-refractivity contribution in [3.8, 4) is 11.1 Å². The number of amides is 1. The molecule has 0 aliphatic heterocycles. The third kappa shape index (κ3) is 4.57. The molecule has 1 amide bonds. The van der Waals surface area contributed by atoms with Crippen molar-refractivity contribution in [2.24, 2.45) is 0 Å². The predicted molar refractivity (Wildman–Crippen MR) is 119 cm³/mol. The van der Waals surface area contributed by atoms with Crippen molar-refractivity contribution in [3.63, 3.8) is 0 Å². The van der Waals surface area contributed by atoms with Crippen molar-refractivity contribution >= 4 is 27.5 Å². The van der Waals surface area contributed by atoms with E-state index in [0.717, 1.165) is 20.8 Å². The first-order chi connectivity index (χ1) is 13.8. The Labute approximate surface area is 175 Å². The molecule has 29 heavy (non-hydrogen) atoms. The van der Waals surface area contributed by atoms with Crippen LogP contribution < -0.4 is 5.56 Å². The van der Waals surface area contributed by atoms with E-state index in [1.165, 1.54) is 16.9 Å². The van der Waals surface area contributed by atoms with E-state index in [2.05, 4.69) is 22.1 Å². The van der Waals surface area contributed by atoms with Gasteiger partial charge in [0, 0.05) is 23.5 Å². The second kappa shape index (κ2) is 8.88. The number of nitrogens with one attached hydrogen (secondary N) is 1. The number of nitrogens with zero attached hydrogens (tertiary/aromatic N) is 3. The molecule has 0 spiro atoms. The molecule has 1 N–H and O–H groups in total. The van der Waals surface area contributed by atoms with E-state index in [4.69, 9.17) is 0 Å². The van der Waals surface area contributed by atoms with Crippen molar-refractivity contribution in [1.82, 2.24) is 19.8 Å². The predicted octanol–water partition coefficient (Wildman–Crippen LogP) is 3.57. The quantitative estimate of drug-likeness (QED) is 0.644. The standard InChI is InChI=1S/C22H28N4O2S/c1-6-26(7-2)18(27)13-25(5)12-17-23-21(28)20-19(15(4)29-22(20)24-17)16-10-8-14(3)9-11-16/h8-11H,6-7,12-13H2,1-5H3,(H,23,24,28). The molecule has 2 heterocycles. The Morgan fingerprint density at radius 1 is 1.14 bits per heavy atom. The van der Waals surface area contributed by atoms with Crippen LogP contribution in [0, 0.1) is 13.8 Å². The topological polar surface area (TPSA) is 69.3 Å².